The standard InChI is InChI=1S/C16H16.C11H14O2.C7H16.C5H10O2.C5H10O/c1-2-7-12-13-8-3-5-10-15(13)16-11-6-4-9-14(12)16;1-2-6-11(12)13-9-10-7-4-3-5-8-10;1-3-5-7-6-4-2;1-5(2,3)7-4-6;1-4(2)5(3)6/h3-6,8-12H,2,7H2,1H3;3-5,7-8H,2,6,9H2,1H3;3-7H2,1-2H3;4H,1-3H3;4H,1-3H3. The Hall–Kier alpha value is -3.73. The summed E-state index contributed by atoms with van der Waals surface area (Å²) in [6.07, 6.45) is 10.9. The van der Waals surface area contributed by atoms with Crippen molar-refractivity contribution in [3.05, 3.63) is 95.6 Å². The maximum absolute atomic E-state index is 11.0. The van der Waals surface area contributed by atoms with Gasteiger partial charge in [0.1, 0.15) is 18.0 Å². The molecule has 0 unspecified atom stereocenters. The molecule has 0 radical (unpaired) electrons. The molecule has 1 aliphatic rings. The highest BCUT2D eigenvalue weighted by Crippen LogP contribution is 2.46. The number of unbranched alkanes of at least 4 members (excludes halogenated alkanes) is 4. The van der Waals surface area contributed by atoms with Crippen LogP contribution in [0, 0.1) is 5.92 Å². The molecular weight excluding hydrogens is 608 g/mol. The molecule has 0 amide bonds. The first-order valence-electron chi connectivity index (χ1n) is 18.4. The Morgan fingerprint density at radius 3 is 1.55 bits per heavy atom. The summed E-state index contributed by atoms with van der Waals surface area (Å²) in [5.74, 6) is 0.976. The fourth-order valence-corrected chi connectivity index (χ4v) is 4.69. The lowest BCUT2D eigenvalue weighted by Gasteiger charge is -2.14. The molecule has 0 saturated heterocycles. The summed E-state index contributed by atoms with van der Waals surface area (Å²) in [4.78, 5) is 30.7. The lowest BCUT2D eigenvalue weighted by atomic mass is 9.93. The number of ether oxygens (including phenoxy) is 2. The molecule has 3 aromatic rings. The summed E-state index contributed by atoms with van der Waals surface area (Å²) in [5.41, 5.74) is 6.64. The molecule has 0 fully saturated rings. The van der Waals surface area contributed by atoms with Crippen molar-refractivity contribution < 1.29 is 23.9 Å². The highest BCUT2D eigenvalue weighted by atomic mass is 16.5. The molecular formula is C44H66O5. The van der Waals surface area contributed by atoms with E-state index >= 15 is 0 Å². The molecule has 0 bridgehead atoms. The summed E-state index contributed by atoms with van der Waals surface area (Å²) in [5, 5.41) is 0. The highest BCUT2D eigenvalue weighted by Gasteiger charge is 2.26. The Morgan fingerprint density at radius 2 is 1.18 bits per heavy atom. The van der Waals surface area contributed by atoms with E-state index in [2.05, 4.69) is 74.0 Å². The minimum Gasteiger partial charge on any atom is -0.462 e. The van der Waals surface area contributed by atoms with Crippen LogP contribution in [-0.4, -0.2) is 23.8 Å². The fourth-order valence-electron chi connectivity index (χ4n) is 4.69. The second-order valence-electron chi connectivity index (χ2n) is 13.6. The normalized spacial score (nSPS) is 11.0. The number of hydrogen-bond acceptors (Lipinski definition) is 5. The van der Waals surface area contributed by atoms with E-state index in [4.69, 9.17) is 4.74 Å². The van der Waals surface area contributed by atoms with Crippen LogP contribution in [0.2, 0.25) is 0 Å². The van der Waals surface area contributed by atoms with Gasteiger partial charge in [0.2, 0.25) is 0 Å². The van der Waals surface area contributed by atoms with Gasteiger partial charge in [-0.15, -0.1) is 0 Å². The maximum Gasteiger partial charge on any atom is 0.306 e. The molecule has 0 N–H and O–H groups in total. The van der Waals surface area contributed by atoms with Crippen LogP contribution in [0.5, 0.6) is 0 Å². The summed E-state index contributed by atoms with van der Waals surface area (Å²) in [7, 11) is 0. The van der Waals surface area contributed by atoms with Gasteiger partial charge in [-0.25, -0.2) is 0 Å². The zero-order chi connectivity index (χ0) is 37.1. The Morgan fingerprint density at radius 1 is 0.714 bits per heavy atom. The number of ketones is 1. The van der Waals surface area contributed by atoms with Gasteiger partial charge in [0.25, 0.3) is 6.47 Å². The first-order chi connectivity index (χ1) is 23.4. The number of hydrogen-bond donors (Lipinski definition) is 0. The van der Waals surface area contributed by atoms with Crippen molar-refractivity contribution in [3.8, 4) is 11.1 Å². The van der Waals surface area contributed by atoms with Crippen LogP contribution in [0.25, 0.3) is 11.1 Å². The third-order valence-corrected chi connectivity index (χ3v) is 7.66. The molecule has 0 aromatic heterocycles. The van der Waals surface area contributed by atoms with Crippen LogP contribution >= 0.6 is 0 Å². The first-order valence-corrected chi connectivity index (χ1v) is 18.4. The van der Waals surface area contributed by atoms with Gasteiger partial charge in [-0.1, -0.05) is 159 Å². The van der Waals surface area contributed by atoms with Crippen molar-refractivity contribution in [2.24, 2.45) is 5.92 Å². The van der Waals surface area contributed by atoms with E-state index in [0.29, 0.717) is 25.4 Å². The second kappa shape index (κ2) is 27.1. The Balaban J connectivity index is 0.000000628. The zero-order valence-corrected chi connectivity index (χ0v) is 32.3. The van der Waals surface area contributed by atoms with Gasteiger partial charge in [-0.05, 0) is 68.4 Å². The van der Waals surface area contributed by atoms with Crippen LogP contribution in [0.4, 0.5) is 0 Å². The Bertz CT molecular complexity index is 1240. The molecule has 5 heteroatoms. The summed E-state index contributed by atoms with van der Waals surface area (Å²) < 4.78 is 9.58. The number of carbonyl (C=O) groups is 3. The molecule has 3 aromatic carbocycles. The number of fused-ring (bicyclic) bond motifs is 3. The second-order valence-corrected chi connectivity index (χ2v) is 13.6. The average Bonchev–Trinajstić information content (AvgIpc) is 3.39. The van der Waals surface area contributed by atoms with Crippen LogP contribution in [0.3, 0.4) is 0 Å². The Labute approximate surface area is 299 Å². The molecule has 0 saturated carbocycles. The maximum atomic E-state index is 11.0. The van der Waals surface area contributed by atoms with Gasteiger partial charge in [0.05, 0.1) is 0 Å². The van der Waals surface area contributed by atoms with Gasteiger partial charge >= 0.3 is 5.97 Å². The van der Waals surface area contributed by atoms with E-state index in [1.165, 1.54) is 67.2 Å². The first kappa shape index (κ1) is 45.3. The quantitative estimate of drug-likeness (QED) is 0.109. The molecule has 0 spiro atoms. The van der Waals surface area contributed by atoms with Gasteiger partial charge in [-0.2, -0.15) is 0 Å². The lowest BCUT2D eigenvalue weighted by Crippen LogP contribution is -2.17. The van der Waals surface area contributed by atoms with Gasteiger partial charge in [0.15, 0.2) is 0 Å². The van der Waals surface area contributed by atoms with Crippen molar-refractivity contribution in [1.29, 1.82) is 0 Å². The molecule has 0 heterocycles. The summed E-state index contributed by atoms with van der Waals surface area (Å²) >= 11 is 0. The predicted molar refractivity (Wildman–Crippen MR) is 207 cm³/mol. The fraction of sp³-hybridized carbons (Fsp3) is 0.523. The largest absolute Gasteiger partial charge is 0.462 e. The van der Waals surface area contributed by atoms with Crippen molar-refractivity contribution in [3.63, 3.8) is 0 Å². The van der Waals surface area contributed by atoms with E-state index in [1.54, 1.807) is 6.92 Å². The van der Waals surface area contributed by atoms with Crippen LogP contribution in [0.15, 0.2) is 78.9 Å². The number of Topliss-reactive ketones (excluding diaryl/α,β-unsaturated/α-hetero) is 1. The van der Waals surface area contributed by atoms with E-state index in [9.17, 15) is 14.4 Å². The average molecular weight is 675 g/mol. The zero-order valence-electron chi connectivity index (χ0n) is 32.3. The molecule has 49 heavy (non-hydrogen) atoms. The third kappa shape index (κ3) is 21.1. The van der Waals surface area contributed by atoms with Crippen molar-refractivity contribution in [2.45, 2.75) is 145 Å². The monoisotopic (exact) mass is 674 g/mol. The van der Waals surface area contributed by atoms with E-state index < -0.39 is 0 Å². The molecule has 272 valence electrons. The third-order valence-electron chi connectivity index (χ3n) is 7.66. The van der Waals surface area contributed by atoms with Crippen LogP contribution in [-0.2, 0) is 30.5 Å². The molecule has 0 atom stereocenters. The number of esters is 1. The van der Waals surface area contributed by atoms with Crippen molar-refractivity contribution in [2.75, 3.05) is 0 Å². The van der Waals surface area contributed by atoms with E-state index in [-0.39, 0.29) is 23.3 Å². The topological polar surface area (TPSA) is 69.7 Å². The van der Waals surface area contributed by atoms with Crippen LogP contribution in [0.1, 0.15) is 150 Å². The van der Waals surface area contributed by atoms with Crippen molar-refractivity contribution >= 4 is 18.2 Å². The number of rotatable bonds is 12. The van der Waals surface area contributed by atoms with Gasteiger partial charge < -0.3 is 9.47 Å². The lowest BCUT2D eigenvalue weighted by molar-refractivity contribution is -0.145. The van der Waals surface area contributed by atoms with E-state index in [0.717, 1.165) is 12.0 Å². The minimum absolute atomic E-state index is 0.119. The number of carbonyl (C=O) groups excluding carboxylic acids is 3. The van der Waals surface area contributed by atoms with Crippen molar-refractivity contribution in [1.82, 2.24) is 0 Å². The molecule has 1 aliphatic carbocycles. The van der Waals surface area contributed by atoms with Gasteiger partial charge in [-0.3, -0.25) is 14.4 Å². The smallest absolute Gasteiger partial charge is 0.306 e. The SMILES string of the molecule is CC(=O)C(C)C.CC(C)(C)OC=O.CCCC(=O)OCc1ccccc1.CCCC1c2ccccc2-c2ccccc21.CCCCCCC. The minimum atomic E-state index is -0.318. The highest BCUT2D eigenvalue weighted by molar-refractivity contribution is 5.78. The number of benzene rings is 3. The molecule has 0 aliphatic heterocycles. The van der Waals surface area contributed by atoms with Crippen LogP contribution < -0.4 is 0 Å². The Kier molecular flexibility index (Phi) is 25.1. The molecule has 5 nitrogen and oxygen atoms in total. The van der Waals surface area contributed by atoms with E-state index in [1.807, 2.05) is 71.9 Å². The summed E-state index contributed by atoms with van der Waals surface area (Å²) in [6.45, 7) is 20.4. The summed E-state index contributed by atoms with van der Waals surface area (Å²) in [6, 6.07) is 27.4. The molecule has 4 rings (SSSR count). The predicted octanol–water partition coefficient (Wildman–Crippen LogP) is 12.3. The van der Waals surface area contributed by atoms with Gasteiger partial charge in [0, 0.05) is 18.3 Å².